The normalized spacial score (nSPS) is 12.9. The van der Waals surface area contributed by atoms with E-state index in [0.717, 1.165) is 15.2 Å². The van der Waals surface area contributed by atoms with Crippen LogP contribution in [0.25, 0.3) is 10.8 Å². The molecule has 1 atom stereocenters. The Morgan fingerprint density at radius 1 is 1.29 bits per heavy atom. The number of hydrogen-bond donors (Lipinski definition) is 3. The highest BCUT2D eigenvalue weighted by atomic mass is 79.9. The summed E-state index contributed by atoms with van der Waals surface area (Å²) < 4.78 is 0.977. The zero-order valence-corrected chi connectivity index (χ0v) is 11.0. The second-order valence-corrected chi connectivity index (χ2v) is 4.85. The highest BCUT2D eigenvalue weighted by Gasteiger charge is 2.15. The molecule has 2 rings (SSSR count). The Morgan fingerprint density at radius 2 is 2.06 bits per heavy atom. The van der Waals surface area contributed by atoms with Crippen LogP contribution in [0.15, 0.2) is 34.8 Å². The van der Waals surface area contributed by atoms with Crippen LogP contribution in [0.3, 0.4) is 0 Å². The summed E-state index contributed by atoms with van der Waals surface area (Å²) in [7, 11) is 1.77. The van der Waals surface area contributed by atoms with Gasteiger partial charge in [-0.05, 0) is 36.0 Å². The Balaban J connectivity index is 2.63. The zero-order chi connectivity index (χ0) is 12.4. The van der Waals surface area contributed by atoms with Gasteiger partial charge in [0.15, 0.2) is 0 Å². The van der Waals surface area contributed by atoms with Crippen molar-refractivity contribution in [2.45, 2.75) is 6.10 Å². The molecular weight excluding hydrogens is 282 g/mol. The minimum absolute atomic E-state index is 0.127. The van der Waals surface area contributed by atoms with E-state index in [1.54, 1.807) is 13.1 Å². The van der Waals surface area contributed by atoms with Crippen LogP contribution in [0.1, 0.15) is 11.7 Å². The van der Waals surface area contributed by atoms with Gasteiger partial charge in [0.25, 0.3) is 0 Å². The second-order valence-electron chi connectivity index (χ2n) is 3.94. The minimum atomic E-state index is -0.718. The van der Waals surface area contributed by atoms with Crippen LogP contribution < -0.4 is 5.32 Å². The fourth-order valence-corrected chi connectivity index (χ4v) is 2.34. The van der Waals surface area contributed by atoms with Crippen molar-refractivity contribution in [2.75, 3.05) is 13.6 Å². The van der Waals surface area contributed by atoms with Crippen molar-refractivity contribution >= 4 is 26.7 Å². The molecule has 0 aliphatic rings. The molecule has 0 amide bonds. The number of aliphatic hydroxyl groups excluding tert-OH is 1. The van der Waals surface area contributed by atoms with Crippen molar-refractivity contribution in [3.8, 4) is 5.75 Å². The molecule has 90 valence electrons. The van der Waals surface area contributed by atoms with Crippen LogP contribution in [0.4, 0.5) is 0 Å². The highest BCUT2D eigenvalue weighted by molar-refractivity contribution is 9.10. The maximum absolute atomic E-state index is 10.0. The van der Waals surface area contributed by atoms with Gasteiger partial charge in [0.1, 0.15) is 5.75 Å². The van der Waals surface area contributed by atoms with Crippen molar-refractivity contribution in [3.05, 3.63) is 40.4 Å². The first-order valence-corrected chi connectivity index (χ1v) is 6.16. The zero-order valence-electron chi connectivity index (χ0n) is 9.44. The van der Waals surface area contributed by atoms with Gasteiger partial charge in [0.2, 0.25) is 0 Å². The monoisotopic (exact) mass is 295 g/mol. The molecule has 0 aromatic heterocycles. The number of nitrogens with one attached hydrogen (secondary N) is 1. The fourth-order valence-electron chi connectivity index (χ4n) is 1.96. The summed E-state index contributed by atoms with van der Waals surface area (Å²) in [6.45, 7) is 0.405. The number of benzene rings is 2. The van der Waals surface area contributed by atoms with Gasteiger partial charge in [-0.15, -0.1) is 0 Å². The highest BCUT2D eigenvalue weighted by Crippen LogP contribution is 2.33. The quantitative estimate of drug-likeness (QED) is 0.816. The molecule has 0 heterocycles. The summed E-state index contributed by atoms with van der Waals surface area (Å²) in [5.41, 5.74) is 0.573. The van der Waals surface area contributed by atoms with Gasteiger partial charge in [-0.1, -0.05) is 28.1 Å². The molecular formula is C13H14BrNO2. The largest absolute Gasteiger partial charge is 0.508 e. The first-order valence-electron chi connectivity index (χ1n) is 5.37. The lowest BCUT2D eigenvalue weighted by Gasteiger charge is -2.15. The van der Waals surface area contributed by atoms with Crippen molar-refractivity contribution in [2.24, 2.45) is 0 Å². The topological polar surface area (TPSA) is 52.5 Å². The number of fused-ring (bicyclic) bond motifs is 1. The molecule has 0 saturated heterocycles. The predicted octanol–water partition coefficient (Wildman–Crippen LogP) is 2.56. The molecule has 0 spiro atoms. The van der Waals surface area contributed by atoms with E-state index in [1.807, 2.05) is 24.3 Å². The molecule has 17 heavy (non-hydrogen) atoms. The lowest BCUT2D eigenvalue weighted by molar-refractivity contribution is 0.175. The number of phenolic OH excluding ortho intramolecular Hbond substituents is 1. The number of halogens is 1. The van der Waals surface area contributed by atoms with E-state index in [2.05, 4.69) is 21.2 Å². The molecule has 0 fully saturated rings. The standard InChI is InChI=1S/C13H14BrNO2/c1-15-7-12(17)13-10-4-3-9(14)6-8(10)2-5-11(13)16/h2-6,12,15-17H,7H2,1H3. The van der Waals surface area contributed by atoms with Crippen molar-refractivity contribution in [1.82, 2.24) is 5.32 Å². The summed E-state index contributed by atoms with van der Waals surface area (Å²) in [5, 5.41) is 24.7. The lowest BCUT2D eigenvalue weighted by Crippen LogP contribution is -2.17. The van der Waals surface area contributed by atoms with Crippen molar-refractivity contribution < 1.29 is 10.2 Å². The van der Waals surface area contributed by atoms with Gasteiger partial charge < -0.3 is 15.5 Å². The fraction of sp³-hybridized carbons (Fsp3) is 0.231. The number of hydrogen-bond acceptors (Lipinski definition) is 3. The van der Waals surface area contributed by atoms with Gasteiger partial charge in [-0.3, -0.25) is 0 Å². The summed E-state index contributed by atoms with van der Waals surface area (Å²) >= 11 is 3.41. The van der Waals surface area contributed by atoms with Crippen LogP contribution >= 0.6 is 15.9 Å². The predicted molar refractivity (Wildman–Crippen MR) is 72.2 cm³/mol. The van der Waals surface area contributed by atoms with E-state index < -0.39 is 6.10 Å². The SMILES string of the molecule is CNCC(O)c1c(O)ccc2cc(Br)ccc12. The van der Waals surface area contributed by atoms with Crippen LogP contribution in [-0.2, 0) is 0 Å². The van der Waals surface area contributed by atoms with Gasteiger partial charge >= 0.3 is 0 Å². The van der Waals surface area contributed by atoms with Gasteiger partial charge in [0.05, 0.1) is 6.10 Å². The Bertz CT molecular complexity index is 542. The number of likely N-dealkylation sites (N-methyl/N-ethyl adjacent to an activating group) is 1. The molecule has 0 bridgehead atoms. The third kappa shape index (κ3) is 2.44. The number of aromatic hydroxyl groups is 1. The van der Waals surface area contributed by atoms with E-state index >= 15 is 0 Å². The number of aliphatic hydroxyl groups is 1. The molecule has 1 unspecified atom stereocenters. The van der Waals surface area contributed by atoms with E-state index in [4.69, 9.17) is 0 Å². The Labute approximate surface area is 108 Å². The maximum atomic E-state index is 10.0. The molecule has 0 aliphatic heterocycles. The second kappa shape index (κ2) is 5.04. The summed E-state index contributed by atoms with van der Waals surface area (Å²) in [6.07, 6.45) is -0.718. The minimum Gasteiger partial charge on any atom is -0.508 e. The first-order chi connectivity index (χ1) is 8.13. The third-order valence-corrected chi connectivity index (χ3v) is 3.22. The van der Waals surface area contributed by atoms with Gasteiger partial charge in [-0.25, -0.2) is 0 Å². The first kappa shape index (κ1) is 12.4. The molecule has 3 N–H and O–H groups in total. The Kier molecular flexibility index (Phi) is 3.66. The Morgan fingerprint density at radius 3 is 2.76 bits per heavy atom. The van der Waals surface area contributed by atoms with Crippen LogP contribution in [-0.4, -0.2) is 23.8 Å². The van der Waals surface area contributed by atoms with Crippen molar-refractivity contribution in [1.29, 1.82) is 0 Å². The van der Waals surface area contributed by atoms with Gasteiger partial charge in [-0.2, -0.15) is 0 Å². The lowest BCUT2D eigenvalue weighted by atomic mass is 9.99. The molecule has 0 aliphatic carbocycles. The Hall–Kier alpha value is -1.10. The molecule has 3 nitrogen and oxygen atoms in total. The molecule has 2 aromatic carbocycles. The molecule has 2 aromatic rings. The van der Waals surface area contributed by atoms with Crippen molar-refractivity contribution in [3.63, 3.8) is 0 Å². The number of phenols is 1. The maximum Gasteiger partial charge on any atom is 0.122 e. The van der Waals surface area contributed by atoms with Crippen LogP contribution in [0, 0.1) is 0 Å². The molecule has 4 heteroatoms. The number of rotatable bonds is 3. The van der Waals surface area contributed by atoms with E-state index in [0.29, 0.717) is 12.1 Å². The average molecular weight is 296 g/mol. The summed E-state index contributed by atoms with van der Waals surface area (Å²) in [6, 6.07) is 9.21. The third-order valence-electron chi connectivity index (χ3n) is 2.73. The van der Waals surface area contributed by atoms with Crippen LogP contribution in [0.2, 0.25) is 0 Å². The average Bonchev–Trinajstić information content (AvgIpc) is 2.29. The van der Waals surface area contributed by atoms with E-state index in [1.165, 1.54) is 0 Å². The molecule has 0 radical (unpaired) electrons. The summed E-state index contributed by atoms with van der Waals surface area (Å²) in [4.78, 5) is 0. The summed E-state index contributed by atoms with van der Waals surface area (Å²) in [5.74, 6) is 0.127. The van der Waals surface area contributed by atoms with E-state index in [-0.39, 0.29) is 5.75 Å². The smallest absolute Gasteiger partial charge is 0.122 e. The molecule has 0 saturated carbocycles. The van der Waals surface area contributed by atoms with E-state index in [9.17, 15) is 10.2 Å². The van der Waals surface area contributed by atoms with Gasteiger partial charge in [0, 0.05) is 16.6 Å². The van der Waals surface area contributed by atoms with Crippen LogP contribution in [0.5, 0.6) is 5.75 Å².